The maximum atomic E-state index is 6.26. The van der Waals surface area contributed by atoms with E-state index < -0.39 is 0 Å². The zero-order valence-corrected chi connectivity index (χ0v) is 13.3. The van der Waals surface area contributed by atoms with Gasteiger partial charge in [-0.25, -0.2) is 0 Å². The van der Waals surface area contributed by atoms with Crippen molar-refractivity contribution in [2.24, 2.45) is 0 Å². The van der Waals surface area contributed by atoms with Gasteiger partial charge in [0, 0.05) is 6.42 Å². The van der Waals surface area contributed by atoms with Gasteiger partial charge in [0.05, 0.1) is 24.9 Å². The number of rotatable bonds is 5. The molecule has 1 N–H and O–H groups in total. The standard InChI is InChI=1S/C17H27NO2/c1-6-9-18-16-14-11-13(19-5)8-7-12(14)10-15(16)20-17(2,3)4/h7-8,11,15-16,18H,6,9-10H2,1-5H3. The molecule has 1 aromatic carbocycles. The molecule has 3 nitrogen and oxygen atoms in total. The lowest BCUT2D eigenvalue weighted by atomic mass is 10.1. The van der Waals surface area contributed by atoms with Gasteiger partial charge in [-0.2, -0.15) is 0 Å². The van der Waals surface area contributed by atoms with Crippen LogP contribution in [-0.2, 0) is 11.2 Å². The van der Waals surface area contributed by atoms with Crippen LogP contribution in [0.1, 0.15) is 51.3 Å². The van der Waals surface area contributed by atoms with E-state index in [0.29, 0.717) is 0 Å². The van der Waals surface area contributed by atoms with Gasteiger partial charge in [-0.05, 0) is 57.0 Å². The molecule has 3 heteroatoms. The fraction of sp³-hybridized carbons (Fsp3) is 0.647. The molecule has 0 aliphatic heterocycles. The first-order valence-corrected chi connectivity index (χ1v) is 7.52. The van der Waals surface area contributed by atoms with Gasteiger partial charge in [0.15, 0.2) is 0 Å². The Labute approximate surface area is 122 Å². The zero-order chi connectivity index (χ0) is 14.8. The summed E-state index contributed by atoms with van der Waals surface area (Å²) in [5, 5.41) is 3.63. The number of ether oxygens (including phenoxy) is 2. The monoisotopic (exact) mass is 277 g/mol. The van der Waals surface area contributed by atoms with Crippen LogP contribution in [-0.4, -0.2) is 25.4 Å². The molecular formula is C17H27NO2. The maximum absolute atomic E-state index is 6.26. The number of fused-ring (bicyclic) bond motifs is 1. The highest BCUT2D eigenvalue weighted by atomic mass is 16.5. The minimum absolute atomic E-state index is 0.122. The third-order valence-electron chi connectivity index (χ3n) is 3.60. The van der Waals surface area contributed by atoms with E-state index in [0.717, 1.165) is 25.1 Å². The molecule has 0 radical (unpaired) electrons. The highest BCUT2D eigenvalue weighted by Gasteiger charge is 2.35. The molecule has 2 unspecified atom stereocenters. The number of hydrogen-bond donors (Lipinski definition) is 1. The van der Waals surface area contributed by atoms with Crippen molar-refractivity contribution in [3.05, 3.63) is 29.3 Å². The van der Waals surface area contributed by atoms with Crippen molar-refractivity contribution in [1.29, 1.82) is 0 Å². The molecule has 1 aliphatic carbocycles. The number of nitrogens with one attached hydrogen (secondary N) is 1. The molecule has 0 aromatic heterocycles. The second-order valence-corrected chi connectivity index (χ2v) is 6.47. The van der Waals surface area contributed by atoms with Crippen LogP contribution in [0.15, 0.2) is 18.2 Å². The normalized spacial score (nSPS) is 21.9. The molecule has 2 rings (SSSR count). The SMILES string of the molecule is CCCNC1c2cc(OC)ccc2CC1OC(C)(C)C. The van der Waals surface area contributed by atoms with Crippen LogP contribution in [0.3, 0.4) is 0 Å². The molecule has 0 spiro atoms. The Hall–Kier alpha value is -1.06. The summed E-state index contributed by atoms with van der Waals surface area (Å²) in [6.07, 6.45) is 2.29. The summed E-state index contributed by atoms with van der Waals surface area (Å²) in [7, 11) is 1.72. The molecule has 112 valence electrons. The predicted molar refractivity (Wildman–Crippen MR) is 82.4 cm³/mol. The minimum atomic E-state index is -0.122. The Kier molecular flexibility index (Phi) is 4.71. The third-order valence-corrected chi connectivity index (χ3v) is 3.60. The van der Waals surface area contributed by atoms with E-state index in [-0.39, 0.29) is 17.7 Å². The largest absolute Gasteiger partial charge is 0.497 e. The van der Waals surface area contributed by atoms with E-state index in [1.165, 1.54) is 11.1 Å². The van der Waals surface area contributed by atoms with Crippen LogP contribution >= 0.6 is 0 Å². The number of methoxy groups -OCH3 is 1. The summed E-state index contributed by atoms with van der Waals surface area (Å²) in [5.74, 6) is 0.920. The summed E-state index contributed by atoms with van der Waals surface area (Å²) in [4.78, 5) is 0. The third kappa shape index (κ3) is 3.53. The zero-order valence-electron chi connectivity index (χ0n) is 13.3. The maximum Gasteiger partial charge on any atom is 0.119 e. The van der Waals surface area contributed by atoms with Gasteiger partial charge in [-0.15, -0.1) is 0 Å². The molecule has 0 saturated heterocycles. The Morgan fingerprint density at radius 1 is 1.30 bits per heavy atom. The summed E-state index contributed by atoms with van der Waals surface area (Å²) in [5.41, 5.74) is 2.57. The van der Waals surface area contributed by atoms with Gasteiger partial charge in [-0.1, -0.05) is 13.0 Å². The van der Waals surface area contributed by atoms with E-state index in [4.69, 9.17) is 9.47 Å². The van der Waals surface area contributed by atoms with Crippen molar-refractivity contribution in [1.82, 2.24) is 5.32 Å². The van der Waals surface area contributed by atoms with Crippen LogP contribution in [0, 0.1) is 0 Å². The Morgan fingerprint density at radius 3 is 2.65 bits per heavy atom. The topological polar surface area (TPSA) is 30.5 Å². The first-order valence-electron chi connectivity index (χ1n) is 7.52. The van der Waals surface area contributed by atoms with Gasteiger partial charge < -0.3 is 14.8 Å². The summed E-state index contributed by atoms with van der Waals surface area (Å²) in [6, 6.07) is 6.62. The van der Waals surface area contributed by atoms with Crippen LogP contribution in [0.4, 0.5) is 0 Å². The summed E-state index contributed by atoms with van der Waals surface area (Å²) >= 11 is 0. The van der Waals surface area contributed by atoms with E-state index in [1.54, 1.807) is 7.11 Å². The smallest absolute Gasteiger partial charge is 0.119 e. The molecule has 0 amide bonds. The van der Waals surface area contributed by atoms with Crippen LogP contribution < -0.4 is 10.1 Å². The fourth-order valence-electron chi connectivity index (χ4n) is 2.82. The lowest BCUT2D eigenvalue weighted by molar-refractivity contribution is -0.0698. The first kappa shape index (κ1) is 15.3. The van der Waals surface area contributed by atoms with E-state index in [1.807, 2.05) is 6.07 Å². The molecule has 2 atom stereocenters. The van der Waals surface area contributed by atoms with Gasteiger partial charge in [0.2, 0.25) is 0 Å². The fourth-order valence-corrected chi connectivity index (χ4v) is 2.82. The van der Waals surface area contributed by atoms with Crippen molar-refractivity contribution >= 4 is 0 Å². The molecule has 1 aliphatic rings. The molecule has 1 aromatic rings. The number of hydrogen-bond acceptors (Lipinski definition) is 3. The van der Waals surface area contributed by atoms with Gasteiger partial charge in [0.1, 0.15) is 5.75 Å². The van der Waals surface area contributed by atoms with Gasteiger partial charge >= 0.3 is 0 Å². The number of benzene rings is 1. The summed E-state index contributed by atoms with van der Waals surface area (Å²) in [6.45, 7) is 9.55. The van der Waals surface area contributed by atoms with Crippen molar-refractivity contribution < 1.29 is 9.47 Å². The molecular weight excluding hydrogens is 250 g/mol. The Balaban J connectivity index is 2.24. The molecule has 0 fully saturated rings. The molecule has 0 bridgehead atoms. The van der Waals surface area contributed by atoms with Crippen molar-refractivity contribution in [2.75, 3.05) is 13.7 Å². The Bertz CT molecular complexity index is 451. The van der Waals surface area contributed by atoms with Crippen LogP contribution in [0.5, 0.6) is 5.75 Å². The van der Waals surface area contributed by atoms with Crippen molar-refractivity contribution in [3.63, 3.8) is 0 Å². The lowest BCUT2D eigenvalue weighted by Gasteiger charge is -2.29. The highest BCUT2D eigenvalue weighted by Crippen LogP contribution is 2.37. The van der Waals surface area contributed by atoms with E-state index in [9.17, 15) is 0 Å². The lowest BCUT2D eigenvalue weighted by Crippen LogP contribution is -2.36. The first-order chi connectivity index (χ1) is 9.44. The van der Waals surface area contributed by atoms with Gasteiger partial charge in [0.25, 0.3) is 0 Å². The second-order valence-electron chi connectivity index (χ2n) is 6.47. The summed E-state index contributed by atoms with van der Waals surface area (Å²) < 4.78 is 11.6. The van der Waals surface area contributed by atoms with Gasteiger partial charge in [-0.3, -0.25) is 0 Å². The van der Waals surface area contributed by atoms with Crippen LogP contribution in [0.25, 0.3) is 0 Å². The van der Waals surface area contributed by atoms with Crippen molar-refractivity contribution in [2.45, 2.75) is 58.3 Å². The average Bonchev–Trinajstić information content (AvgIpc) is 2.70. The minimum Gasteiger partial charge on any atom is -0.497 e. The molecule has 0 saturated carbocycles. The molecule has 20 heavy (non-hydrogen) atoms. The molecule has 0 heterocycles. The average molecular weight is 277 g/mol. The second kappa shape index (κ2) is 6.15. The van der Waals surface area contributed by atoms with E-state index in [2.05, 4.69) is 45.1 Å². The van der Waals surface area contributed by atoms with Crippen LogP contribution in [0.2, 0.25) is 0 Å². The Morgan fingerprint density at radius 2 is 2.05 bits per heavy atom. The van der Waals surface area contributed by atoms with E-state index >= 15 is 0 Å². The predicted octanol–water partition coefficient (Wildman–Crippen LogP) is 3.48. The van der Waals surface area contributed by atoms with Crippen molar-refractivity contribution in [3.8, 4) is 5.75 Å². The quantitative estimate of drug-likeness (QED) is 0.894. The highest BCUT2D eigenvalue weighted by molar-refractivity contribution is 5.42.